The fraction of sp³-hybridized carbons (Fsp3) is 1.00. The van der Waals surface area contributed by atoms with Crippen LogP contribution in [0.15, 0.2) is 0 Å². The van der Waals surface area contributed by atoms with Crippen LogP contribution < -0.4 is 5.32 Å². The van der Waals surface area contributed by atoms with Crippen LogP contribution in [0, 0.1) is 5.92 Å². The molecule has 2 atom stereocenters. The summed E-state index contributed by atoms with van der Waals surface area (Å²) in [5.41, 5.74) is 0.139. The molecule has 1 aliphatic heterocycles. The first-order valence-electron chi connectivity index (χ1n) is 7.77. The maximum atomic E-state index is 12.3. The highest BCUT2D eigenvalue weighted by molar-refractivity contribution is 7.92. The minimum absolute atomic E-state index is 0.139. The van der Waals surface area contributed by atoms with E-state index in [0.717, 1.165) is 19.0 Å². The number of nitrogens with one attached hydrogen (secondary N) is 1. The van der Waals surface area contributed by atoms with Crippen molar-refractivity contribution in [1.29, 1.82) is 0 Å². The number of piperazine rings is 1. The summed E-state index contributed by atoms with van der Waals surface area (Å²) in [7, 11) is -3.03. The van der Waals surface area contributed by atoms with Gasteiger partial charge in [-0.25, -0.2) is 8.42 Å². The molecule has 0 spiro atoms. The van der Waals surface area contributed by atoms with E-state index in [1.165, 1.54) is 12.8 Å². The van der Waals surface area contributed by atoms with Gasteiger partial charge in [-0.15, -0.1) is 0 Å². The molecule has 0 radical (unpaired) electrons. The summed E-state index contributed by atoms with van der Waals surface area (Å²) in [6, 6.07) is 0.444. The zero-order valence-corrected chi connectivity index (χ0v) is 14.4. The van der Waals surface area contributed by atoms with E-state index in [1.807, 2.05) is 0 Å². The molecule has 1 N–H and O–H groups in total. The second kappa shape index (κ2) is 5.25. The smallest absolute Gasteiger partial charge is 0.156 e. The van der Waals surface area contributed by atoms with Crippen LogP contribution in [0.4, 0.5) is 0 Å². The van der Waals surface area contributed by atoms with Crippen molar-refractivity contribution >= 4 is 9.84 Å². The van der Waals surface area contributed by atoms with Gasteiger partial charge in [0.1, 0.15) is 0 Å². The van der Waals surface area contributed by atoms with Crippen molar-refractivity contribution in [2.75, 3.05) is 25.4 Å². The molecule has 5 heteroatoms. The summed E-state index contributed by atoms with van der Waals surface area (Å²) in [6.07, 6.45) is 2.57. The Morgan fingerprint density at radius 3 is 2.40 bits per heavy atom. The molecule has 118 valence electrons. The molecule has 1 aliphatic carbocycles. The van der Waals surface area contributed by atoms with Gasteiger partial charge in [0.05, 0.1) is 10.5 Å². The van der Waals surface area contributed by atoms with Crippen LogP contribution >= 0.6 is 0 Å². The van der Waals surface area contributed by atoms with E-state index >= 15 is 0 Å². The van der Waals surface area contributed by atoms with Gasteiger partial charge in [-0.3, -0.25) is 4.90 Å². The van der Waals surface area contributed by atoms with E-state index in [1.54, 1.807) is 20.8 Å². The van der Waals surface area contributed by atoms with Crippen molar-refractivity contribution in [1.82, 2.24) is 10.2 Å². The third kappa shape index (κ3) is 3.20. The van der Waals surface area contributed by atoms with Gasteiger partial charge in [0.2, 0.25) is 0 Å². The summed E-state index contributed by atoms with van der Waals surface area (Å²) in [4.78, 5) is 2.43. The fourth-order valence-electron chi connectivity index (χ4n) is 3.09. The Labute approximate surface area is 124 Å². The van der Waals surface area contributed by atoms with Crippen molar-refractivity contribution in [3.63, 3.8) is 0 Å². The second-order valence-corrected chi connectivity index (χ2v) is 10.7. The molecule has 4 nitrogen and oxygen atoms in total. The Kier molecular flexibility index (Phi) is 4.27. The molecule has 2 rings (SSSR count). The second-order valence-electron chi connectivity index (χ2n) is 7.79. The first-order chi connectivity index (χ1) is 9.06. The van der Waals surface area contributed by atoms with Crippen LogP contribution in [-0.4, -0.2) is 55.0 Å². The highest BCUT2D eigenvalue weighted by Gasteiger charge is 2.48. The molecule has 1 heterocycles. The summed E-state index contributed by atoms with van der Waals surface area (Å²) in [6.45, 7) is 12.5. The summed E-state index contributed by atoms with van der Waals surface area (Å²) in [5.74, 6) is 1.01. The molecule has 0 aromatic carbocycles. The molecule has 1 saturated heterocycles. The average molecular weight is 302 g/mol. The van der Waals surface area contributed by atoms with E-state index in [-0.39, 0.29) is 11.3 Å². The number of hydrogen-bond acceptors (Lipinski definition) is 4. The van der Waals surface area contributed by atoms with Gasteiger partial charge >= 0.3 is 0 Å². The van der Waals surface area contributed by atoms with Crippen LogP contribution in [0.3, 0.4) is 0 Å². The molecule has 2 aliphatic rings. The van der Waals surface area contributed by atoms with Gasteiger partial charge in [-0.1, -0.05) is 0 Å². The molecule has 1 saturated carbocycles. The van der Waals surface area contributed by atoms with Crippen molar-refractivity contribution in [3.05, 3.63) is 0 Å². The lowest BCUT2D eigenvalue weighted by Gasteiger charge is -2.48. The predicted octanol–water partition coefficient (Wildman–Crippen LogP) is 1.66. The third-order valence-corrected chi connectivity index (χ3v) is 7.63. The van der Waals surface area contributed by atoms with Crippen LogP contribution in [0.1, 0.15) is 47.5 Å². The first kappa shape index (κ1) is 16.2. The minimum Gasteiger partial charge on any atom is -0.311 e. The van der Waals surface area contributed by atoms with Crippen LogP contribution in [-0.2, 0) is 9.84 Å². The highest BCUT2D eigenvalue weighted by atomic mass is 32.2. The Hall–Kier alpha value is -0.130. The molecule has 0 bridgehead atoms. The lowest BCUT2D eigenvalue weighted by Crippen LogP contribution is -2.64. The Morgan fingerprint density at radius 1 is 1.30 bits per heavy atom. The Morgan fingerprint density at radius 2 is 1.90 bits per heavy atom. The summed E-state index contributed by atoms with van der Waals surface area (Å²) in [5, 5.41) is 3.56. The molecule has 2 unspecified atom stereocenters. The highest BCUT2D eigenvalue weighted by Crippen LogP contribution is 2.43. The molecular formula is C15H30N2O2S. The maximum Gasteiger partial charge on any atom is 0.156 e. The largest absolute Gasteiger partial charge is 0.311 e. The van der Waals surface area contributed by atoms with Gasteiger partial charge in [0, 0.05) is 31.2 Å². The first-order valence-corrected chi connectivity index (χ1v) is 9.42. The number of nitrogens with zero attached hydrogens (tertiary/aromatic N) is 1. The maximum absolute atomic E-state index is 12.3. The topological polar surface area (TPSA) is 49.4 Å². The van der Waals surface area contributed by atoms with E-state index in [2.05, 4.69) is 24.1 Å². The van der Waals surface area contributed by atoms with E-state index < -0.39 is 14.6 Å². The van der Waals surface area contributed by atoms with Crippen molar-refractivity contribution < 1.29 is 8.42 Å². The quantitative estimate of drug-likeness (QED) is 0.858. The average Bonchev–Trinajstić information content (AvgIpc) is 3.13. The molecule has 0 aromatic rings. The predicted molar refractivity (Wildman–Crippen MR) is 83.7 cm³/mol. The third-order valence-electron chi connectivity index (χ3n) is 5.04. The lowest BCUT2D eigenvalue weighted by atomic mass is 9.90. The van der Waals surface area contributed by atoms with E-state index in [4.69, 9.17) is 0 Å². The number of rotatable bonds is 4. The summed E-state index contributed by atoms with van der Waals surface area (Å²) < 4.78 is 24.0. The van der Waals surface area contributed by atoms with Crippen molar-refractivity contribution in [2.45, 2.75) is 63.8 Å². The van der Waals surface area contributed by atoms with Crippen molar-refractivity contribution in [3.8, 4) is 0 Å². The molecule has 2 fully saturated rings. The van der Waals surface area contributed by atoms with Gasteiger partial charge in [-0.05, 0) is 53.4 Å². The normalized spacial score (nSPS) is 33.4. The van der Waals surface area contributed by atoms with Crippen LogP contribution in [0.5, 0.6) is 0 Å². The Balaban J connectivity index is 2.06. The van der Waals surface area contributed by atoms with Crippen molar-refractivity contribution in [2.24, 2.45) is 5.92 Å². The van der Waals surface area contributed by atoms with Gasteiger partial charge in [0.25, 0.3) is 0 Å². The zero-order valence-electron chi connectivity index (χ0n) is 13.6. The van der Waals surface area contributed by atoms with Crippen LogP contribution in [0.25, 0.3) is 0 Å². The SMILES string of the molecule is CC1CN(CCS(=O)(=O)C(C)(C)C)C(C)(C2CC2)CN1. The van der Waals surface area contributed by atoms with Gasteiger partial charge in [0.15, 0.2) is 9.84 Å². The van der Waals surface area contributed by atoms with E-state index in [9.17, 15) is 8.42 Å². The van der Waals surface area contributed by atoms with Crippen LogP contribution in [0.2, 0.25) is 0 Å². The Bertz CT molecular complexity index is 451. The van der Waals surface area contributed by atoms with Gasteiger partial charge in [-0.2, -0.15) is 0 Å². The number of sulfone groups is 1. The molecule has 0 aromatic heterocycles. The van der Waals surface area contributed by atoms with Gasteiger partial charge < -0.3 is 5.32 Å². The molecule has 20 heavy (non-hydrogen) atoms. The fourth-order valence-corrected chi connectivity index (χ4v) is 4.16. The zero-order chi connectivity index (χ0) is 15.2. The number of hydrogen-bond donors (Lipinski definition) is 1. The monoisotopic (exact) mass is 302 g/mol. The molecular weight excluding hydrogens is 272 g/mol. The standard InChI is InChI=1S/C15H30N2O2S/c1-12-10-17(8-9-20(18,19)14(2,3)4)15(5,11-16-12)13-6-7-13/h12-13,16H,6-11H2,1-5H3. The van der Waals surface area contributed by atoms with E-state index in [0.29, 0.717) is 12.6 Å². The minimum atomic E-state index is -3.03. The molecule has 0 amide bonds. The lowest BCUT2D eigenvalue weighted by molar-refractivity contribution is 0.0441. The summed E-state index contributed by atoms with van der Waals surface area (Å²) >= 11 is 0.